The summed E-state index contributed by atoms with van der Waals surface area (Å²) >= 11 is 1.44. The highest BCUT2D eigenvalue weighted by Gasteiger charge is 2.27. The molecule has 0 radical (unpaired) electrons. The molecule has 9 heteroatoms. The Kier molecular flexibility index (Phi) is 2.83. The Morgan fingerprint density at radius 1 is 1.25 bits per heavy atom. The molecule has 0 unspecified atom stereocenters. The van der Waals surface area contributed by atoms with Gasteiger partial charge in [-0.05, 0) is 25.1 Å². The van der Waals surface area contributed by atoms with Crippen molar-refractivity contribution in [3.8, 4) is 23.0 Å². The molecule has 4 aromatic rings. The molecule has 4 heterocycles. The summed E-state index contributed by atoms with van der Waals surface area (Å²) in [5.74, 6) is 2.08. The van der Waals surface area contributed by atoms with E-state index >= 15 is 0 Å². The quantitative estimate of drug-likeness (QED) is 0.602. The van der Waals surface area contributed by atoms with Crippen LogP contribution in [0.1, 0.15) is 16.8 Å². The first kappa shape index (κ1) is 13.5. The zero-order valence-corrected chi connectivity index (χ0v) is 13.4. The fourth-order valence-electron chi connectivity index (χ4n) is 2.60. The molecule has 0 aliphatic carbocycles. The molecular formula is C15H12N6O2S. The number of hydrogen-bond acceptors (Lipinski definition) is 7. The summed E-state index contributed by atoms with van der Waals surface area (Å²) in [6.45, 7) is 2.35. The van der Waals surface area contributed by atoms with Gasteiger partial charge in [0.2, 0.25) is 10.8 Å². The smallest absolute Gasteiger partial charge is 0.235 e. The number of H-pyrrole nitrogens is 1. The van der Waals surface area contributed by atoms with Crippen molar-refractivity contribution in [1.82, 2.24) is 30.0 Å². The number of nitrogens with one attached hydrogen (secondary N) is 1. The second kappa shape index (κ2) is 5.03. The highest BCUT2D eigenvalue weighted by molar-refractivity contribution is 7.16. The van der Waals surface area contributed by atoms with Gasteiger partial charge in [-0.3, -0.25) is 5.10 Å². The van der Waals surface area contributed by atoms with Crippen molar-refractivity contribution in [2.24, 2.45) is 0 Å². The first-order valence-corrected chi connectivity index (χ1v) is 8.22. The van der Waals surface area contributed by atoms with E-state index < -0.39 is 0 Å². The van der Waals surface area contributed by atoms with E-state index in [1.807, 2.05) is 37.3 Å². The van der Waals surface area contributed by atoms with Crippen LogP contribution in [0.4, 0.5) is 0 Å². The highest BCUT2D eigenvalue weighted by Crippen LogP contribution is 2.37. The molecule has 1 aliphatic rings. The molecule has 24 heavy (non-hydrogen) atoms. The fourth-order valence-corrected chi connectivity index (χ4v) is 3.45. The van der Waals surface area contributed by atoms with Gasteiger partial charge < -0.3 is 9.47 Å². The van der Waals surface area contributed by atoms with Gasteiger partial charge in [0.15, 0.2) is 22.6 Å². The number of fused-ring (bicyclic) bond motifs is 2. The van der Waals surface area contributed by atoms with Crippen molar-refractivity contribution in [1.29, 1.82) is 0 Å². The lowest BCUT2D eigenvalue weighted by Gasteiger charge is -2.24. The van der Waals surface area contributed by atoms with Crippen LogP contribution in [0.15, 0.2) is 30.3 Å². The van der Waals surface area contributed by atoms with Crippen molar-refractivity contribution < 1.29 is 9.47 Å². The maximum atomic E-state index is 6.01. The summed E-state index contributed by atoms with van der Waals surface area (Å²) in [7, 11) is 0. The van der Waals surface area contributed by atoms with Gasteiger partial charge in [-0.15, -0.1) is 10.2 Å². The number of para-hydroxylation sites is 2. The van der Waals surface area contributed by atoms with Gasteiger partial charge in [0, 0.05) is 5.69 Å². The van der Waals surface area contributed by atoms with Crippen LogP contribution >= 0.6 is 11.3 Å². The van der Waals surface area contributed by atoms with Gasteiger partial charge in [0.05, 0.1) is 0 Å². The molecule has 3 aromatic heterocycles. The highest BCUT2D eigenvalue weighted by atomic mass is 32.1. The normalized spacial score (nSPS) is 16.6. The van der Waals surface area contributed by atoms with Crippen molar-refractivity contribution in [2.45, 2.75) is 13.0 Å². The van der Waals surface area contributed by atoms with Crippen LogP contribution in [0.5, 0.6) is 11.5 Å². The Balaban J connectivity index is 1.52. The summed E-state index contributed by atoms with van der Waals surface area (Å²) in [6.07, 6.45) is -0.264. The van der Waals surface area contributed by atoms with Crippen LogP contribution in [0, 0.1) is 6.92 Å². The van der Waals surface area contributed by atoms with E-state index in [2.05, 4.69) is 25.5 Å². The van der Waals surface area contributed by atoms with Gasteiger partial charge in [-0.25, -0.2) is 0 Å². The second-order valence-electron chi connectivity index (χ2n) is 5.46. The molecule has 0 fully saturated rings. The van der Waals surface area contributed by atoms with E-state index in [1.165, 1.54) is 11.3 Å². The number of aromatic amines is 1. The van der Waals surface area contributed by atoms with Crippen LogP contribution in [0.2, 0.25) is 0 Å². The van der Waals surface area contributed by atoms with E-state index in [-0.39, 0.29) is 6.10 Å². The van der Waals surface area contributed by atoms with Crippen molar-refractivity contribution >= 4 is 16.3 Å². The SMILES string of the molecule is Cc1cc(-c2nnc3sc([C@@H]4COc5ccccc5O4)nn23)n[nH]1. The molecule has 1 aliphatic heterocycles. The van der Waals surface area contributed by atoms with Gasteiger partial charge in [0.1, 0.15) is 12.3 Å². The average Bonchev–Trinajstić information content (AvgIpc) is 3.29. The molecule has 120 valence electrons. The third-order valence-corrected chi connectivity index (χ3v) is 4.72. The maximum absolute atomic E-state index is 6.01. The first-order chi connectivity index (χ1) is 11.8. The molecule has 1 atom stereocenters. The monoisotopic (exact) mass is 340 g/mol. The van der Waals surface area contributed by atoms with Gasteiger partial charge in [-0.1, -0.05) is 23.5 Å². The number of aryl methyl sites for hydroxylation is 1. The number of hydrogen-bond donors (Lipinski definition) is 1. The van der Waals surface area contributed by atoms with Crippen molar-refractivity contribution in [3.63, 3.8) is 0 Å². The van der Waals surface area contributed by atoms with Crippen LogP contribution < -0.4 is 9.47 Å². The standard InChI is InChI=1S/C15H12N6O2S/c1-8-6-9(17-16-8)13-18-19-15-21(13)20-14(24-15)12-7-22-10-4-2-3-5-11(10)23-12/h2-6,12H,7H2,1H3,(H,16,17)/t12-/m0/s1. The average molecular weight is 340 g/mol. The summed E-state index contributed by atoms with van der Waals surface area (Å²) in [5, 5.41) is 20.9. The minimum atomic E-state index is -0.264. The molecular weight excluding hydrogens is 328 g/mol. The molecule has 0 saturated carbocycles. The van der Waals surface area contributed by atoms with Crippen molar-refractivity contribution in [2.75, 3.05) is 6.61 Å². The van der Waals surface area contributed by atoms with Gasteiger partial charge >= 0.3 is 0 Å². The lowest BCUT2D eigenvalue weighted by molar-refractivity contribution is 0.0904. The number of benzene rings is 1. The minimum absolute atomic E-state index is 0.264. The molecule has 0 spiro atoms. The maximum Gasteiger partial charge on any atom is 0.235 e. The lowest BCUT2D eigenvalue weighted by Crippen LogP contribution is -2.21. The number of aromatic nitrogens is 6. The number of rotatable bonds is 2. The molecule has 0 bridgehead atoms. The van der Waals surface area contributed by atoms with Crippen LogP contribution in [-0.4, -0.2) is 36.6 Å². The van der Waals surface area contributed by atoms with E-state index in [0.29, 0.717) is 23.1 Å². The van der Waals surface area contributed by atoms with Crippen LogP contribution in [-0.2, 0) is 0 Å². The zero-order chi connectivity index (χ0) is 16.1. The number of ether oxygens (including phenoxy) is 2. The summed E-state index contributed by atoms with van der Waals surface area (Å²) in [4.78, 5) is 0.697. The van der Waals surface area contributed by atoms with Gasteiger partial charge in [0.25, 0.3) is 0 Å². The topological polar surface area (TPSA) is 90.2 Å². The Morgan fingerprint density at radius 2 is 2.12 bits per heavy atom. The third kappa shape index (κ3) is 2.05. The van der Waals surface area contributed by atoms with Gasteiger partial charge in [-0.2, -0.15) is 14.7 Å². The van der Waals surface area contributed by atoms with Crippen LogP contribution in [0.25, 0.3) is 16.5 Å². The second-order valence-corrected chi connectivity index (χ2v) is 6.45. The predicted molar refractivity (Wildman–Crippen MR) is 86.3 cm³/mol. The Bertz CT molecular complexity index is 1040. The van der Waals surface area contributed by atoms with E-state index in [4.69, 9.17) is 9.47 Å². The van der Waals surface area contributed by atoms with E-state index in [9.17, 15) is 0 Å². The zero-order valence-electron chi connectivity index (χ0n) is 12.6. The predicted octanol–water partition coefficient (Wildman–Crippen LogP) is 2.40. The largest absolute Gasteiger partial charge is 0.485 e. The minimum Gasteiger partial charge on any atom is -0.485 e. The Hall–Kier alpha value is -2.94. The first-order valence-electron chi connectivity index (χ1n) is 7.41. The Labute approximate surface area is 140 Å². The third-order valence-electron chi connectivity index (χ3n) is 3.73. The summed E-state index contributed by atoms with van der Waals surface area (Å²) < 4.78 is 13.5. The van der Waals surface area contributed by atoms with Crippen molar-refractivity contribution in [3.05, 3.63) is 41.0 Å². The molecule has 1 N–H and O–H groups in total. The van der Waals surface area contributed by atoms with Crippen LogP contribution in [0.3, 0.4) is 0 Å². The fraction of sp³-hybridized carbons (Fsp3) is 0.200. The molecule has 0 amide bonds. The molecule has 8 nitrogen and oxygen atoms in total. The lowest BCUT2D eigenvalue weighted by atomic mass is 10.3. The molecule has 0 saturated heterocycles. The Morgan fingerprint density at radius 3 is 2.96 bits per heavy atom. The molecule has 1 aromatic carbocycles. The summed E-state index contributed by atoms with van der Waals surface area (Å²) in [5.41, 5.74) is 1.67. The summed E-state index contributed by atoms with van der Waals surface area (Å²) in [6, 6.07) is 9.53. The molecule has 5 rings (SSSR count). The van der Waals surface area contributed by atoms with E-state index in [0.717, 1.165) is 22.2 Å². The number of nitrogens with zero attached hydrogens (tertiary/aromatic N) is 5. The van der Waals surface area contributed by atoms with E-state index in [1.54, 1.807) is 4.52 Å².